The second kappa shape index (κ2) is 8.21. The second-order valence-corrected chi connectivity index (χ2v) is 7.83. The maximum Gasteiger partial charge on any atom is 0.257 e. The summed E-state index contributed by atoms with van der Waals surface area (Å²) in [5, 5.41) is 3.33. The molecule has 1 aromatic heterocycles. The number of anilines is 1. The molecular weight excluding hydrogens is 364 g/mol. The van der Waals surface area contributed by atoms with Crippen molar-refractivity contribution in [1.82, 2.24) is 0 Å². The van der Waals surface area contributed by atoms with Gasteiger partial charge in [-0.25, -0.2) is 0 Å². The average molecular weight is 383 g/mol. The van der Waals surface area contributed by atoms with Gasteiger partial charge in [0.1, 0.15) is 5.00 Å². The van der Waals surface area contributed by atoms with Crippen LogP contribution in [0.2, 0.25) is 0 Å². The molecule has 3 rings (SSSR count). The Kier molecular flexibility index (Phi) is 5.75. The first-order valence-electron chi connectivity index (χ1n) is 8.12. The molecule has 0 bridgehead atoms. The highest BCUT2D eigenvalue weighted by Crippen LogP contribution is 2.36. The van der Waals surface area contributed by atoms with Gasteiger partial charge in [-0.1, -0.05) is 49.4 Å². The van der Waals surface area contributed by atoms with Crippen LogP contribution >= 0.6 is 23.1 Å². The van der Waals surface area contributed by atoms with Gasteiger partial charge in [-0.15, -0.1) is 23.1 Å². The van der Waals surface area contributed by atoms with Crippen molar-refractivity contribution in [2.75, 3.05) is 11.1 Å². The van der Waals surface area contributed by atoms with E-state index in [0.717, 1.165) is 21.1 Å². The van der Waals surface area contributed by atoms with Gasteiger partial charge >= 0.3 is 0 Å². The molecule has 6 heteroatoms. The Labute approximate surface area is 160 Å². The Bertz CT molecular complexity index is 936. The summed E-state index contributed by atoms with van der Waals surface area (Å²) in [6.45, 7) is 2.04. The standard InChI is InChI=1S/C20H18N2O2S2/c1-2-25-16-11-7-6-10-14(16)19(24)22-20-15(18(21)23)12-17(26-20)13-8-4-3-5-9-13/h3-12H,2H2,1H3,(H2,21,23)(H,22,24). The van der Waals surface area contributed by atoms with Crippen LogP contribution in [-0.2, 0) is 0 Å². The third-order valence-corrected chi connectivity index (χ3v) is 5.77. The number of hydrogen-bond acceptors (Lipinski definition) is 4. The van der Waals surface area contributed by atoms with Crippen LogP contribution < -0.4 is 11.1 Å². The Balaban J connectivity index is 1.93. The predicted octanol–water partition coefficient (Wildman–Crippen LogP) is 4.88. The zero-order valence-corrected chi connectivity index (χ0v) is 15.8. The minimum Gasteiger partial charge on any atom is -0.366 e. The Hall–Kier alpha value is -2.57. The van der Waals surface area contributed by atoms with E-state index in [0.29, 0.717) is 16.1 Å². The molecule has 0 aliphatic carbocycles. The molecule has 2 amide bonds. The SMILES string of the molecule is CCSc1ccccc1C(=O)Nc1sc(-c2ccccc2)cc1C(N)=O. The molecule has 0 saturated carbocycles. The Morgan fingerprint density at radius 1 is 1.04 bits per heavy atom. The van der Waals surface area contributed by atoms with Crippen LogP contribution in [0.3, 0.4) is 0 Å². The lowest BCUT2D eigenvalue weighted by atomic mass is 10.1. The van der Waals surface area contributed by atoms with Gasteiger partial charge in [-0.2, -0.15) is 0 Å². The highest BCUT2D eigenvalue weighted by Gasteiger charge is 2.19. The summed E-state index contributed by atoms with van der Waals surface area (Å²) < 4.78 is 0. The van der Waals surface area contributed by atoms with E-state index < -0.39 is 5.91 Å². The lowest BCUT2D eigenvalue weighted by molar-refractivity contribution is 0.100. The van der Waals surface area contributed by atoms with Crippen molar-refractivity contribution in [1.29, 1.82) is 0 Å². The molecule has 0 unspecified atom stereocenters. The number of benzene rings is 2. The van der Waals surface area contributed by atoms with Crippen molar-refractivity contribution < 1.29 is 9.59 Å². The molecule has 3 N–H and O–H groups in total. The third-order valence-electron chi connectivity index (χ3n) is 3.71. The first-order chi connectivity index (χ1) is 12.6. The largest absolute Gasteiger partial charge is 0.366 e. The minimum absolute atomic E-state index is 0.245. The van der Waals surface area contributed by atoms with Crippen molar-refractivity contribution in [2.24, 2.45) is 5.73 Å². The average Bonchev–Trinajstić information content (AvgIpc) is 3.07. The minimum atomic E-state index is -0.560. The van der Waals surface area contributed by atoms with Crippen LogP contribution in [0.5, 0.6) is 0 Å². The van der Waals surface area contributed by atoms with Crippen LogP contribution in [-0.4, -0.2) is 17.6 Å². The van der Waals surface area contributed by atoms with Crippen molar-refractivity contribution in [3.8, 4) is 10.4 Å². The Morgan fingerprint density at radius 3 is 2.42 bits per heavy atom. The van der Waals surface area contributed by atoms with Gasteiger partial charge in [0.15, 0.2) is 0 Å². The fourth-order valence-corrected chi connectivity index (χ4v) is 4.38. The smallest absolute Gasteiger partial charge is 0.257 e. The maximum absolute atomic E-state index is 12.8. The van der Waals surface area contributed by atoms with Crippen LogP contribution in [0.25, 0.3) is 10.4 Å². The van der Waals surface area contributed by atoms with Crippen LogP contribution in [0, 0.1) is 0 Å². The topological polar surface area (TPSA) is 72.2 Å². The summed E-state index contributed by atoms with van der Waals surface area (Å²) in [6, 6.07) is 18.8. The van der Waals surface area contributed by atoms with E-state index in [4.69, 9.17) is 5.73 Å². The molecule has 4 nitrogen and oxygen atoms in total. The summed E-state index contributed by atoms with van der Waals surface area (Å²) in [5.74, 6) is 0.0639. The summed E-state index contributed by atoms with van der Waals surface area (Å²) in [7, 11) is 0. The quantitative estimate of drug-likeness (QED) is 0.597. The summed E-state index contributed by atoms with van der Waals surface area (Å²) in [5.41, 5.74) is 7.39. The predicted molar refractivity (Wildman–Crippen MR) is 109 cm³/mol. The number of nitrogens with one attached hydrogen (secondary N) is 1. The summed E-state index contributed by atoms with van der Waals surface area (Å²) >= 11 is 2.95. The van der Waals surface area contributed by atoms with E-state index in [1.807, 2.05) is 55.5 Å². The third kappa shape index (κ3) is 3.98. The zero-order valence-electron chi connectivity index (χ0n) is 14.2. The second-order valence-electron chi connectivity index (χ2n) is 5.47. The number of thioether (sulfide) groups is 1. The molecule has 26 heavy (non-hydrogen) atoms. The number of carbonyl (C=O) groups excluding carboxylic acids is 2. The molecule has 0 spiro atoms. The van der Waals surface area contributed by atoms with Crippen LogP contribution in [0.4, 0.5) is 5.00 Å². The normalized spacial score (nSPS) is 10.5. The molecule has 0 saturated heterocycles. The zero-order chi connectivity index (χ0) is 18.5. The molecule has 3 aromatic rings. The molecule has 1 heterocycles. The first-order valence-corrected chi connectivity index (χ1v) is 9.92. The van der Waals surface area contributed by atoms with Crippen molar-refractivity contribution in [3.05, 3.63) is 71.8 Å². The molecule has 0 fully saturated rings. The fraction of sp³-hybridized carbons (Fsp3) is 0.100. The molecule has 0 aliphatic rings. The van der Waals surface area contributed by atoms with E-state index in [1.54, 1.807) is 23.9 Å². The highest BCUT2D eigenvalue weighted by molar-refractivity contribution is 7.99. The van der Waals surface area contributed by atoms with E-state index in [1.165, 1.54) is 11.3 Å². The number of carbonyl (C=O) groups is 2. The molecule has 0 atom stereocenters. The molecule has 132 valence electrons. The molecular formula is C20H18N2O2S2. The first kappa shape index (κ1) is 18.2. The van der Waals surface area contributed by atoms with Gasteiger partial charge in [0, 0.05) is 9.77 Å². The monoisotopic (exact) mass is 382 g/mol. The molecule has 0 aliphatic heterocycles. The van der Waals surface area contributed by atoms with Crippen LogP contribution in [0.1, 0.15) is 27.6 Å². The number of amides is 2. The highest BCUT2D eigenvalue weighted by atomic mass is 32.2. The van der Waals surface area contributed by atoms with Crippen LogP contribution in [0.15, 0.2) is 65.6 Å². The number of thiophene rings is 1. The van der Waals surface area contributed by atoms with Gasteiger partial charge in [0.25, 0.3) is 11.8 Å². The van der Waals surface area contributed by atoms with Gasteiger partial charge in [0.05, 0.1) is 11.1 Å². The van der Waals surface area contributed by atoms with E-state index in [-0.39, 0.29) is 5.91 Å². The Morgan fingerprint density at radius 2 is 1.73 bits per heavy atom. The van der Waals surface area contributed by atoms with E-state index in [9.17, 15) is 9.59 Å². The van der Waals surface area contributed by atoms with Gasteiger partial charge in [-0.3, -0.25) is 9.59 Å². The fourth-order valence-electron chi connectivity index (χ4n) is 2.52. The number of hydrogen-bond donors (Lipinski definition) is 2. The summed E-state index contributed by atoms with van der Waals surface area (Å²) in [4.78, 5) is 26.4. The lowest BCUT2D eigenvalue weighted by Crippen LogP contribution is -2.17. The van der Waals surface area contributed by atoms with Crippen molar-refractivity contribution >= 4 is 39.9 Å². The number of primary amides is 1. The number of nitrogens with two attached hydrogens (primary N) is 1. The maximum atomic E-state index is 12.8. The van der Waals surface area contributed by atoms with E-state index >= 15 is 0 Å². The van der Waals surface area contributed by atoms with Crippen molar-refractivity contribution in [3.63, 3.8) is 0 Å². The molecule has 0 radical (unpaired) electrons. The summed E-state index contributed by atoms with van der Waals surface area (Å²) in [6.07, 6.45) is 0. The molecule has 2 aromatic carbocycles. The van der Waals surface area contributed by atoms with Gasteiger partial charge in [0.2, 0.25) is 0 Å². The van der Waals surface area contributed by atoms with E-state index in [2.05, 4.69) is 5.32 Å². The number of rotatable bonds is 6. The van der Waals surface area contributed by atoms with Gasteiger partial charge < -0.3 is 11.1 Å². The lowest BCUT2D eigenvalue weighted by Gasteiger charge is -2.08. The van der Waals surface area contributed by atoms with Gasteiger partial charge in [-0.05, 0) is 29.5 Å². The van der Waals surface area contributed by atoms with Crippen molar-refractivity contribution in [2.45, 2.75) is 11.8 Å².